The van der Waals surface area contributed by atoms with Gasteiger partial charge >= 0.3 is 5.69 Å². The lowest BCUT2D eigenvalue weighted by molar-refractivity contribution is 0.284. The Balaban J connectivity index is 1.73. The minimum Gasteiger partial charge on any atom is -0.493 e. The normalized spacial score (nSPS) is 11.3. The van der Waals surface area contributed by atoms with Gasteiger partial charge in [-0.25, -0.2) is 4.79 Å². The van der Waals surface area contributed by atoms with Crippen molar-refractivity contribution in [3.63, 3.8) is 0 Å². The van der Waals surface area contributed by atoms with Crippen LogP contribution in [-0.2, 0) is 6.61 Å². The number of para-hydroxylation sites is 1. The molecule has 0 bridgehead atoms. The van der Waals surface area contributed by atoms with Crippen molar-refractivity contribution >= 4 is 51.9 Å². The van der Waals surface area contributed by atoms with Crippen LogP contribution in [0.2, 0.25) is 15.1 Å². The zero-order chi connectivity index (χ0) is 23.5. The highest BCUT2D eigenvalue weighted by Gasteiger charge is 2.14. The lowest BCUT2D eigenvalue weighted by Gasteiger charge is -2.14. The molecule has 1 aromatic heterocycles. The van der Waals surface area contributed by atoms with Gasteiger partial charge in [0.1, 0.15) is 6.61 Å². The van der Waals surface area contributed by atoms with Crippen LogP contribution in [0.4, 0.5) is 0 Å². The third-order valence-corrected chi connectivity index (χ3v) is 5.69. The Labute approximate surface area is 202 Å². The Morgan fingerprint density at radius 3 is 2.58 bits per heavy atom. The molecule has 0 saturated heterocycles. The topological polar surface area (TPSA) is 85.7 Å². The van der Waals surface area contributed by atoms with Crippen molar-refractivity contribution in [3.05, 3.63) is 102 Å². The molecule has 0 amide bonds. The summed E-state index contributed by atoms with van der Waals surface area (Å²) in [5, 5.41) is 5.60. The molecule has 0 aliphatic carbocycles. The van der Waals surface area contributed by atoms with Gasteiger partial charge in [0.25, 0.3) is 5.56 Å². The molecule has 7 nitrogen and oxygen atoms in total. The van der Waals surface area contributed by atoms with Crippen LogP contribution in [0.25, 0.3) is 10.9 Å². The zero-order valence-electron chi connectivity index (χ0n) is 17.1. The number of hydrogen-bond acceptors (Lipinski definition) is 5. The van der Waals surface area contributed by atoms with E-state index in [2.05, 4.69) is 10.1 Å². The molecule has 0 aliphatic heterocycles. The Bertz CT molecular complexity index is 1500. The Morgan fingerprint density at radius 2 is 1.82 bits per heavy atom. The first-order chi connectivity index (χ1) is 15.9. The van der Waals surface area contributed by atoms with Crippen molar-refractivity contribution in [3.8, 4) is 11.5 Å². The molecule has 10 heteroatoms. The average Bonchev–Trinajstić information content (AvgIpc) is 2.80. The quantitative estimate of drug-likeness (QED) is 0.369. The SMILES string of the molecule is COc1cc(Cl)cc(C=Nn2c(=O)[nH]c3ccccc3c2=O)c1OCc1ccc(Cl)c(Cl)c1. The molecule has 1 N–H and O–H groups in total. The van der Waals surface area contributed by atoms with Crippen LogP contribution >= 0.6 is 34.8 Å². The zero-order valence-corrected chi connectivity index (χ0v) is 19.4. The maximum Gasteiger partial charge on any atom is 0.349 e. The molecule has 168 valence electrons. The molecule has 4 aromatic rings. The predicted molar refractivity (Wildman–Crippen MR) is 131 cm³/mol. The third-order valence-electron chi connectivity index (χ3n) is 4.73. The molecule has 0 atom stereocenters. The first-order valence-electron chi connectivity index (χ1n) is 9.60. The van der Waals surface area contributed by atoms with Crippen molar-refractivity contribution in [2.24, 2.45) is 5.10 Å². The van der Waals surface area contributed by atoms with E-state index in [1.165, 1.54) is 13.3 Å². The summed E-state index contributed by atoms with van der Waals surface area (Å²) in [4.78, 5) is 27.8. The molecular formula is C23H16Cl3N3O4. The summed E-state index contributed by atoms with van der Waals surface area (Å²) in [5.41, 5.74) is 0.361. The first kappa shape index (κ1) is 22.9. The molecule has 0 radical (unpaired) electrons. The highest BCUT2D eigenvalue weighted by molar-refractivity contribution is 6.42. The van der Waals surface area contributed by atoms with Gasteiger partial charge < -0.3 is 14.5 Å². The van der Waals surface area contributed by atoms with Gasteiger partial charge in [0, 0.05) is 16.7 Å². The van der Waals surface area contributed by atoms with Crippen molar-refractivity contribution in [1.82, 2.24) is 9.66 Å². The van der Waals surface area contributed by atoms with E-state index in [4.69, 9.17) is 44.3 Å². The largest absolute Gasteiger partial charge is 0.493 e. The molecule has 0 aliphatic rings. The molecule has 0 saturated carbocycles. The summed E-state index contributed by atoms with van der Waals surface area (Å²) in [6.45, 7) is 0.145. The van der Waals surface area contributed by atoms with Gasteiger partial charge in [-0.2, -0.15) is 5.10 Å². The van der Waals surface area contributed by atoms with E-state index in [1.54, 1.807) is 54.6 Å². The second kappa shape index (κ2) is 9.70. The van der Waals surface area contributed by atoms with E-state index in [0.29, 0.717) is 43.0 Å². The van der Waals surface area contributed by atoms with Gasteiger partial charge in [-0.3, -0.25) is 4.79 Å². The number of benzene rings is 3. The standard InChI is InChI=1S/C23H16Cl3N3O4/c1-32-20-10-15(24)9-14(21(20)33-12-13-6-7-17(25)18(26)8-13)11-27-29-22(30)16-4-2-3-5-19(16)28-23(29)31/h2-11H,12H2,1H3,(H,28,31). The number of aromatic nitrogens is 2. The molecular weight excluding hydrogens is 489 g/mol. The van der Waals surface area contributed by atoms with Gasteiger partial charge in [0.15, 0.2) is 11.5 Å². The van der Waals surface area contributed by atoms with Crippen LogP contribution in [-0.4, -0.2) is 23.0 Å². The number of aromatic amines is 1. The number of methoxy groups -OCH3 is 1. The van der Waals surface area contributed by atoms with Crippen LogP contribution in [0.3, 0.4) is 0 Å². The smallest absolute Gasteiger partial charge is 0.349 e. The second-order valence-corrected chi connectivity index (χ2v) is 8.15. The van der Waals surface area contributed by atoms with E-state index >= 15 is 0 Å². The van der Waals surface area contributed by atoms with Crippen LogP contribution in [0.1, 0.15) is 11.1 Å². The van der Waals surface area contributed by atoms with Crippen LogP contribution in [0.5, 0.6) is 11.5 Å². The lowest BCUT2D eigenvalue weighted by Crippen LogP contribution is -2.32. The fourth-order valence-electron chi connectivity index (χ4n) is 3.15. The number of halogens is 3. The van der Waals surface area contributed by atoms with Crippen molar-refractivity contribution in [1.29, 1.82) is 0 Å². The Kier molecular flexibility index (Phi) is 6.74. The lowest BCUT2D eigenvalue weighted by atomic mass is 10.2. The Hall–Kier alpha value is -3.26. The van der Waals surface area contributed by atoms with Gasteiger partial charge in [-0.15, -0.1) is 4.68 Å². The maximum absolute atomic E-state index is 12.7. The maximum atomic E-state index is 12.7. The second-order valence-electron chi connectivity index (χ2n) is 6.90. The minimum absolute atomic E-state index is 0.145. The third kappa shape index (κ3) is 4.90. The molecule has 4 rings (SSSR count). The molecule has 1 heterocycles. The highest BCUT2D eigenvalue weighted by atomic mass is 35.5. The summed E-state index contributed by atoms with van der Waals surface area (Å²) in [5.74, 6) is 0.672. The fraction of sp³-hybridized carbons (Fsp3) is 0.0870. The van der Waals surface area contributed by atoms with Crippen molar-refractivity contribution in [2.45, 2.75) is 6.61 Å². The van der Waals surface area contributed by atoms with Gasteiger partial charge in [0.05, 0.1) is 34.3 Å². The van der Waals surface area contributed by atoms with Crippen molar-refractivity contribution in [2.75, 3.05) is 7.11 Å². The average molecular weight is 505 g/mol. The number of hydrogen-bond donors (Lipinski definition) is 1. The molecule has 3 aromatic carbocycles. The number of fused-ring (bicyclic) bond motifs is 1. The highest BCUT2D eigenvalue weighted by Crippen LogP contribution is 2.35. The van der Waals surface area contributed by atoms with Crippen LogP contribution < -0.4 is 20.7 Å². The number of rotatable bonds is 6. The number of ether oxygens (including phenoxy) is 2. The van der Waals surface area contributed by atoms with E-state index in [0.717, 1.165) is 10.2 Å². The van der Waals surface area contributed by atoms with Crippen molar-refractivity contribution < 1.29 is 9.47 Å². The Morgan fingerprint density at radius 1 is 1.03 bits per heavy atom. The number of nitrogens with zero attached hydrogens (tertiary/aromatic N) is 2. The fourth-order valence-corrected chi connectivity index (χ4v) is 3.69. The monoisotopic (exact) mass is 503 g/mol. The van der Waals surface area contributed by atoms with Gasteiger partial charge in [-0.05, 0) is 35.9 Å². The van der Waals surface area contributed by atoms with E-state index in [9.17, 15) is 9.59 Å². The van der Waals surface area contributed by atoms with Crippen LogP contribution in [0.15, 0.2) is 69.3 Å². The number of H-pyrrole nitrogens is 1. The molecule has 0 fully saturated rings. The van der Waals surface area contributed by atoms with Crippen LogP contribution in [0, 0.1) is 0 Å². The molecule has 33 heavy (non-hydrogen) atoms. The minimum atomic E-state index is -0.679. The summed E-state index contributed by atoms with van der Waals surface area (Å²) in [6.07, 6.45) is 1.31. The summed E-state index contributed by atoms with van der Waals surface area (Å²) >= 11 is 18.3. The predicted octanol–water partition coefficient (Wildman–Crippen LogP) is 5.12. The van der Waals surface area contributed by atoms with Gasteiger partial charge in [0.2, 0.25) is 0 Å². The summed E-state index contributed by atoms with van der Waals surface area (Å²) in [7, 11) is 1.47. The van der Waals surface area contributed by atoms with E-state index in [1.807, 2.05) is 0 Å². The number of nitrogens with one attached hydrogen (secondary N) is 1. The van der Waals surface area contributed by atoms with E-state index in [-0.39, 0.29) is 6.61 Å². The van der Waals surface area contributed by atoms with Gasteiger partial charge in [-0.1, -0.05) is 53.0 Å². The molecule has 0 spiro atoms. The molecule has 0 unspecified atom stereocenters. The van der Waals surface area contributed by atoms with E-state index < -0.39 is 11.2 Å². The summed E-state index contributed by atoms with van der Waals surface area (Å²) in [6, 6.07) is 15.0. The summed E-state index contributed by atoms with van der Waals surface area (Å²) < 4.78 is 12.1. The first-order valence-corrected chi connectivity index (χ1v) is 10.7.